The molecule has 0 radical (unpaired) electrons. The van der Waals surface area contributed by atoms with E-state index in [0.717, 1.165) is 22.4 Å². The number of amides is 1. The molecular weight excluding hydrogens is 455 g/mol. The number of hydrogen-bond acceptors (Lipinski definition) is 3. The maximum Gasteiger partial charge on any atom is 0.420 e. The molecule has 0 unspecified atom stereocenters. The second kappa shape index (κ2) is 9.77. The molecule has 6 nitrogen and oxygen atoms in total. The van der Waals surface area contributed by atoms with E-state index >= 15 is 0 Å². The minimum absolute atomic E-state index is 0.0961. The average molecular weight is 482 g/mol. The maximum atomic E-state index is 13.0. The third-order valence-electron chi connectivity index (χ3n) is 6.03. The smallest absolute Gasteiger partial charge is 0.347 e. The second-order valence-electron chi connectivity index (χ2n) is 8.66. The molecule has 35 heavy (non-hydrogen) atoms. The van der Waals surface area contributed by atoms with Crippen molar-refractivity contribution in [2.75, 3.05) is 0 Å². The molecule has 0 spiro atoms. The van der Waals surface area contributed by atoms with Gasteiger partial charge in [-0.1, -0.05) is 42.5 Å². The summed E-state index contributed by atoms with van der Waals surface area (Å²) < 4.78 is 40.8. The van der Waals surface area contributed by atoms with Gasteiger partial charge in [-0.15, -0.1) is 0 Å². The summed E-state index contributed by atoms with van der Waals surface area (Å²) in [5.74, 6) is -0.857. The first-order chi connectivity index (χ1) is 16.6. The lowest BCUT2D eigenvalue weighted by atomic mass is 10.0. The predicted octanol–water partition coefficient (Wildman–Crippen LogP) is 5.12. The highest BCUT2D eigenvalue weighted by Crippen LogP contribution is 2.30. The third kappa shape index (κ3) is 5.62. The molecule has 9 heteroatoms. The van der Waals surface area contributed by atoms with Crippen LogP contribution in [0, 0.1) is 20.8 Å². The molecule has 2 N–H and O–H groups in total. The van der Waals surface area contributed by atoms with Crippen molar-refractivity contribution in [3.63, 3.8) is 0 Å². The van der Waals surface area contributed by atoms with E-state index in [9.17, 15) is 18.0 Å². The summed E-state index contributed by atoms with van der Waals surface area (Å²) in [6.07, 6.45) is -1.34. The highest BCUT2D eigenvalue weighted by molar-refractivity contribution is 5.93. The van der Waals surface area contributed by atoms with E-state index in [-0.39, 0.29) is 6.54 Å². The number of aromatic amines is 1. The molecule has 2 heterocycles. The number of hydrogen-bond donors (Lipinski definition) is 2. The fraction of sp³-hybridized carbons (Fsp3) is 0.269. The van der Waals surface area contributed by atoms with Crippen molar-refractivity contribution in [3.05, 3.63) is 105 Å². The van der Waals surface area contributed by atoms with Gasteiger partial charge in [-0.3, -0.25) is 14.6 Å². The molecule has 182 valence electrons. The van der Waals surface area contributed by atoms with E-state index in [1.807, 2.05) is 35.9 Å². The molecule has 4 rings (SSSR count). The van der Waals surface area contributed by atoms with Gasteiger partial charge in [0.1, 0.15) is 11.3 Å². The van der Waals surface area contributed by atoms with Gasteiger partial charge in [-0.25, -0.2) is 0 Å². The molecule has 0 aliphatic heterocycles. The van der Waals surface area contributed by atoms with Crippen LogP contribution in [-0.4, -0.2) is 25.9 Å². The minimum atomic E-state index is -4.65. The van der Waals surface area contributed by atoms with Crippen LogP contribution in [0.25, 0.3) is 0 Å². The number of benzene rings is 2. The molecule has 1 amide bonds. The van der Waals surface area contributed by atoms with E-state index in [1.165, 1.54) is 16.7 Å². The third-order valence-corrected chi connectivity index (χ3v) is 6.03. The molecule has 4 aromatic rings. The van der Waals surface area contributed by atoms with E-state index in [2.05, 4.69) is 53.8 Å². The summed E-state index contributed by atoms with van der Waals surface area (Å²) in [7, 11) is 0. The van der Waals surface area contributed by atoms with Crippen LogP contribution in [0.2, 0.25) is 0 Å². The summed E-state index contributed by atoms with van der Waals surface area (Å²) in [5, 5.41) is 12.7. The first kappa shape index (κ1) is 24.3. The summed E-state index contributed by atoms with van der Waals surface area (Å²) >= 11 is 0. The van der Waals surface area contributed by atoms with Crippen molar-refractivity contribution < 1.29 is 18.0 Å². The zero-order valence-electron chi connectivity index (χ0n) is 19.7. The lowest BCUT2D eigenvalue weighted by Gasteiger charge is -2.09. The number of aromatic nitrogens is 4. The number of alkyl halides is 3. The van der Waals surface area contributed by atoms with E-state index < -0.39 is 23.3 Å². The number of aryl methyl sites for hydroxylation is 3. The Kier molecular flexibility index (Phi) is 6.77. The topological polar surface area (TPSA) is 75.6 Å². The molecule has 0 atom stereocenters. The van der Waals surface area contributed by atoms with Crippen LogP contribution in [0.4, 0.5) is 13.2 Å². The number of nitrogens with zero attached hydrogens (tertiary/aromatic N) is 3. The molecular formula is C26H26F3N5O. The van der Waals surface area contributed by atoms with Gasteiger partial charge in [0, 0.05) is 19.2 Å². The largest absolute Gasteiger partial charge is 0.420 e. The monoisotopic (exact) mass is 481 g/mol. The summed E-state index contributed by atoms with van der Waals surface area (Å²) in [4.78, 5) is 12.2. The number of nitrogens with one attached hydrogen (secondary N) is 2. The summed E-state index contributed by atoms with van der Waals surface area (Å²) in [5.41, 5.74) is 5.98. The zero-order valence-corrected chi connectivity index (χ0v) is 19.7. The predicted molar refractivity (Wildman–Crippen MR) is 126 cm³/mol. The standard InChI is InChI=1S/C26H26F3N5O/c1-16-5-4-6-17(2)21(16)15-34-14-18(3)23(33-34)11-19-7-9-20(10-8-19)12-30-25(35)24-22(13-31-32-24)26(27,28)29/h4-10,13-14H,11-12,15H2,1-3H3,(H,30,35)(H,31,32). The number of carbonyl (C=O) groups is 1. The quantitative estimate of drug-likeness (QED) is 0.385. The zero-order chi connectivity index (χ0) is 25.2. The van der Waals surface area contributed by atoms with Crippen molar-refractivity contribution in [2.24, 2.45) is 0 Å². The highest BCUT2D eigenvalue weighted by Gasteiger charge is 2.37. The molecule has 0 aliphatic carbocycles. The molecule has 0 saturated heterocycles. The number of carbonyl (C=O) groups excluding carboxylic acids is 1. The van der Waals surface area contributed by atoms with Crippen LogP contribution in [-0.2, 0) is 25.7 Å². The van der Waals surface area contributed by atoms with Crippen LogP contribution in [0.15, 0.2) is 54.9 Å². The molecule has 0 aliphatic rings. The highest BCUT2D eigenvalue weighted by atomic mass is 19.4. The van der Waals surface area contributed by atoms with Crippen LogP contribution in [0.3, 0.4) is 0 Å². The summed E-state index contributed by atoms with van der Waals surface area (Å²) in [6.45, 7) is 7.06. The van der Waals surface area contributed by atoms with Crippen LogP contribution in [0.5, 0.6) is 0 Å². The van der Waals surface area contributed by atoms with Gasteiger partial charge < -0.3 is 5.32 Å². The maximum absolute atomic E-state index is 13.0. The van der Waals surface area contributed by atoms with E-state index in [4.69, 9.17) is 5.10 Å². The Morgan fingerprint density at radius 3 is 2.31 bits per heavy atom. The number of H-pyrrole nitrogens is 1. The second-order valence-corrected chi connectivity index (χ2v) is 8.66. The Hall–Kier alpha value is -3.88. The Morgan fingerprint density at radius 2 is 1.66 bits per heavy atom. The van der Waals surface area contributed by atoms with Crippen LogP contribution < -0.4 is 5.32 Å². The van der Waals surface area contributed by atoms with Gasteiger partial charge in [0.05, 0.1) is 18.4 Å². The minimum Gasteiger partial charge on any atom is -0.347 e. The molecule has 0 saturated carbocycles. The average Bonchev–Trinajstić information content (AvgIpc) is 3.43. The first-order valence-electron chi connectivity index (χ1n) is 11.2. The normalized spacial score (nSPS) is 11.6. The Balaban J connectivity index is 1.38. The van der Waals surface area contributed by atoms with Crippen LogP contribution in [0.1, 0.15) is 55.1 Å². The van der Waals surface area contributed by atoms with Gasteiger partial charge in [-0.05, 0) is 54.2 Å². The van der Waals surface area contributed by atoms with Gasteiger partial charge in [0.25, 0.3) is 5.91 Å². The fourth-order valence-electron chi connectivity index (χ4n) is 3.99. The number of rotatable bonds is 7. The van der Waals surface area contributed by atoms with Crippen molar-refractivity contribution in [2.45, 2.75) is 46.5 Å². The van der Waals surface area contributed by atoms with Gasteiger partial charge in [-0.2, -0.15) is 23.4 Å². The first-order valence-corrected chi connectivity index (χ1v) is 11.2. The molecule has 2 aromatic heterocycles. The Bertz CT molecular complexity index is 1320. The van der Waals surface area contributed by atoms with Crippen molar-refractivity contribution in [1.82, 2.24) is 25.3 Å². The van der Waals surface area contributed by atoms with Gasteiger partial charge in [0.2, 0.25) is 0 Å². The lowest BCUT2D eigenvalue weighted by Crippen LogP contribution is -2.25. The van der Waals surface area contributed by atoms with Gasteiger partial charge >= 0.3 is 6.18 Å². The Labute approximate surface area is 201 Å². The Morgan fingerprint density at radius 1 is 1.00 bits per heavy atom. The summed E-state index contributed by atoms with van der Waals surface area (Å²) in [6, 6.07) is 13.8. The lowest BCUT2D eigenvalue weighted by molar-refractivity contribution is -0.137. The van der Waals surface area contributed by atoms with E-state index in [0.29, 0.717) is 19.2 Å². The molecule has 0 fully saturated rings. The van der Waals surface area contributed by atoms with E-state index in [1.54, 1.807) is 0 Å². The SMILES string of the molecule is Cc1cn(Cc2c(C)cccc2C)nc1Cc1ccc(CNC(=O)c2[nH]ncc2C(F)(F)F)cc1. The van der Waals surface area contributed by atoms with Crippen molar-refractivity contribution in [3.8, 4) is 0 Å². The van der Waals surface area contributed by atoms with Crippen LogP contribution >= 0.6 is 0 Å². The van der Waals surface area contributed by atoms with Crippen molar-refractivity contribution >= 4 is 5.91 Å². The molecule has 0 bridgehead atoms. The fourth-order valence-corrected chi connectivity index (χ4v) is 3.99. The van der Waals surface area contributed by atoms with Crippen molar-refractivity contribution in [1.29, 1.82) is 0 Å². The molecule has 2 aromatic carbocycles. The number of halogens is 3. The van der Waals surface area contributed by atoms with Gasteiger partial charge in [0.15, 0.2) is 0 Å².